The van der Waals surface area contributed by atoms with Gasteiger partial charge in [-0.15, -0.1) is 10.2 Å². The summed E-state index contributed by atoms with van der Waals surface area (Å²) >= 11 is 0. The molecule has 192 valence electrons. The van der Waals surface area contributed by atoms with Crippen LogP contribution in [-0.2, 0) is 6.54 Å². The van der Waals surface area contributed by atoms with E-state index >= 15 is 0 Å². The minimum absolute atomic E-state index is 0.0320. The molecular weight excluding hydrogens is 473 g/mol. The summed E-state index contributed by atoms with van der Waals surface area (Å²) in [4.78, 5) is 16.9. The van der Waals surface area contributed by atoms with Crippen LogP contribution in [0.15, 0.2) is 52.9 Å². The maximum absolute atomic E-state index is 15.0. The van der Waals surface area contributed by atoms with Gasteiger partial charge in [0.25, 0.3) is 5.89 Å². The van der Waals surface area contributed by atoms with Crippen LogP contribution in [0.5, 0.6) is 0 Å². The Hall–Kier alpha value is -3.44. The number of piperazine rings is 1. The zero-order chi connectivity index (χ0) is 25.7. The van der Waals surface area contributed by atoms with Gasteiger partial charge in [0.2, 0.25) is 5.89 Å². The average Bonchev–Trinajstić information content (AvgIpc) is 3.34. The van der Waals surface area contributed by atoms with Crippen molar-refractivity contribution in [1.29, 1.82) is 0 Å². The zero-order valence-electron chi connectivity index (χ0n) is 20.1. The fourth-order valence-corrected chi connectivity index (χ4v) is 4.35. The van der Waals surface area contributed by atoms with Crippen molar-refractivity contribution in [2.75, 3.05) is 31.1 Å². The Kier molecular flexibility index (Phi) is 8.21. The number of hydrogen-bond donors (Lipinski definition) is 2. The first kappa shape index (κ1) is 25.6. The number of anilines is 1. The van der Waals surface area contributed by atoms with E-state index in [9.17, 15) is 18.0 Å². The molecule has 11 heteroatoms. The number of amides is 2. The summed E-state index contributed by atoms with van der Waals surface area (Å²) in [5.41, 5.74) is 1.03. The van der Waals surface area contributed by atoms with Gasteiger partial charge >= 0.3 is 12.5 Å². The van der Waals surface area contributed by atoms with E-state index in [1.54, 1.807) is 24.3 Å². The largest absolute Gasteiger partial charge is 0.415 e. The van der Waals surface area contributed by atoms with E-state index in [0.29, 0.717) is 30.9 Å². The van der Waals surface area contributed by atoms with Gasteiger partial charge in [-0.05, 0) is 38.1 Å². The number of nitrogens with one attached hydrogen (secondary N) is 2. The van der Waals surface area contributed by atoms with Gasteiger partial charge in [0, 0.05) is 55.1 Å². The van der Waals surface area contributed by atoms with Crippen molar-refractivity contribution < 1.29 is 22.4 Å². The van der Waals surface area contributed by atoms with Crippen molar-refractivity contribution in [3.63, 3.8) is 0 Å². The number of halogens is 3. The molecule has 0 bridgehead atoms. The summed E-state index contributed by atoms with van der Waals surface area (Å²) in [6, 6.07) is 13.5. The van der Waals surface area contributed by atoms with E-state index in [2.05, 4.69) is 39.6 Å². The first-order chi connectivity index (χ1) is 17.3. The van der Waals surface area contributed by atoms with Gasteiger partial charge in [-0.1, -0.05) is 24.3 Å². The summed E-state index contributed by atoms with van der Waals surface area (Å²) < 4.78 is 45.4. The number of hydrogen-bond acceptors (Lipinski definition) is 6. The number of urea groups is 1. The minimum atomic E-state index is -2.91. The summed E-state index contributed by atoms with van der Waals surface area (Å²) in [6.45, 7) is 7.20. The van der Waals surface area contributed by atoms with Crippen LogP contribution in [0.25, 0.3) is 11.5 Å². The molecule has 2 atom stereocenters. The number of benzene rings is 2. The summed E-state index contributed by atoms with van der Waals surface area (Å²) in [7, 11) is 0. The van der Waals surface area contributed by atoms with Crippen molar-refractivity contribution in [3.8, 4) is 11.5 Å². The van der Waals surface area contributed by atoms with Crippen LogP contribution in [0, 0.1) is 5.82 Å². The Morgan fingerprint density at radius 3 is 2.53 bits per heavy atom. The molecule has 8 nitrogen and oxygen atoms in total. The normalized spacial score (nSPS) is 18.4. The third kappa shape index (κ3) is 6.41. The predicted octanol–water partition coefficient (Wildman–Crippen LogP) is 4.21. The second-order valence-corrected chi connectivity index (χ2v) is 8.93. The van der Waals surface area contributed by atoms with E-state index in [4.69, 9.17) is 4.42 Å². The lowest BCUT2D eigenvalue weighted by atomic mass is 10.1. The Morgan fingerprint density at radius 2 is 1.89 bits per heavy atom. The Morgan fingerprint density at radius 1 is 1.17 bits per heavy atom. The Bertz CT molecular complexity index is 1150. The van der Waals surface area contributed by atoms with Gasteiger partial charge in [0.15, 0.2) is 0 Å². The van der Waals surface area contributed by atoms with Crippen LogP contribution in [0.4, 0.5) is 23.7 Å². The SMILES string of the molecule is C[C@@H]1CN(CCNC(=O)N(Cc2ccc(-c3nnc(C(F)F)o3)cc2F)c2ccccc2)C[C@H](C)N1. The predicted molar refractivity (Wildman–Crippen MR) is 129 cm³/mol. The molecule has 1 aliphatic heterocycles. The van der Waals surface area contributed by atoms with E-state index in [1.807, 2.05) is 6.07 Å². The topological polar surface area (TPSA) is 86.5 Å². The highest BCUT2D eigenvalue weighted by Gasteiger charge is 2.23. The number of carbonyl (C=O) groups excluding carboxylic acids is 1. The number of rotatable bonds is 8. The summed E-state index contributed by atoms with van der Waals surface area (Å²) in [6.07, 6.45) is -2.91. The van der Waals surface area contributed by atoms with Crippen LogP contribution in [0.3, 0.4) is 0 Å². The molecule has 2 amide bonds. The molecule has 2 heterocycles. The van der Waals surface area contributed by atoms with Gasteiger partial charge in [0.05, 0.1) is 6.54 Å². The van der Waals surface area contributed by atoms with Crippen LogP contribution < -0.4 is 15.5 Å². The van der Waals surface area contributed by atoms with Crippen LogP contribution in [-0.4, -0.2) is 59.4 Å². The summed E-state index contributed by atoms with van der Waals surface area (Å²) in [5.74, 6) is -1.65. The van der Waals surface area contributed by atoms with Gasteiger partial charge in [-0.3, -0.25) is 9.80 Å². The van der Waals surface area contributed by atoms with Crippen LogP contribution in [0.2, 0.25) is 0 Å². The molecule has 36 heavy (non-hydrogen) atoms. The highest BCUT2D eigenvalue weighted by molar-refractivity contribution is 5.91. The standard InChI is InChI=1S/C25H29F3N6O2/c1-16-13-33(14-17(2)30-16)11-10-29-25(35)34(20-6-4-3-5-7-20)15-19-9-8-18(12-21(19)26)23-31-32-24(36-23)22(27)28/h3-9,12,16-17,22,30H,10-11,13-15H2,1-2H3,(H,29,35)/t16-,17+. The molecule has 1 aliphatic rings. The number of nitrogens with zero attached hydrogens (tertiary/aromatic N) is 4. The highest BCUT2D eigenvalue weighted by Crippen LogP contribution is 2.26. The molecule has 3 aromatic rings. The number of carbonyl (C=O) groups is 1. The molecule has 0 aliphatic carbocycles. The fraction of sp³-hybridized carbons (Fsp3) is 0.400. The molecule has 0 radical (unpaired) electrons. The van der Waals surface area contributed by atoms with E-state index in [-0.39, 0.29) is 29.6 Å². The van der Waals surface area contributed by atoms with Crippen molar-refractivity contribution in [2.45, 2.75) is 38.9 Å². The number of para-hydroxylation sites is 1. The van der Waals surface area contributed by atoms with Crippen molar-refractivity contribution in [3.05, 3.63) is 65.8 Å². The first-order valence-electron chi connectivity index (χ1n) is 11.8. The van der Waals surface area contributed by atoms with Gasteiger partial charge in [-0.25, -0.2) is 9.18 Å². The van der Waals surface area contributed by atoms with Gasteiger partial charge in [0.1, 0.15) is 5.82 Å². The third-order valence-electron chi connectivity index (χ3n) is 5.91. The van der Waals surface area contributed by atoms with Crippen molar-refractivity contribution >= 4 is 11.7 Å². The smallest absolute Gasteiger partial charge is 0.322 e. The van der Waals surface area contributed by atoms with E-state index in [1.165, 1.54) is 17.0 Å². The number of alkyl halides is 2. The quantitative estimate of drug-likeness (QED) is 0.480. The highest BCUT2D eigenvalue weighted by atomic mass is 19.3. The Balaban J connectivity index is 1.45. The lowest BCUT2D eigenvalue weighted by Crippen LogP contribution is -2.55. The van der Waals surface area contributed by atoms with Crippen LogP contribution in [0.1, 0.15) is 31.7 Å². The minimum Gasteiger partial charge on any atom is -0.415 e. The van der Waals surface area contributed by atoms with Crippen LogP contribution >= 0.6 is 0 Å². The maximum Gasteiger partial charge on any atom is 0.322 e. The van der Waals surface area contributed by atoms with Crippen molar-refractivity contribution in [2.24, 2.45) is 0 Å². The molecule has 2 N–H and O–H groups in total. The zero-order valence-corrected chi connectivity index (χ0v) is 20.1. The lowest BCUT2D eigenvalue weighted by Gasteiger charge is -2.36. The molecule has 0 saturated carbocycles. The van der Waals surface area contributed by atoms with Gasteiger partial charge in [-0.2, -0.15) is 8.78 Å². The van der Waals surface area contributed by atoms with E-state index in [0.717, 1.165) is 19.2 Å². The van der Waals surface area contributed by atoms with Gasteiger partial charge < -0.3 is 15.1 Å². The first-order valence-corrected chi connectivity index (χ1v) is 11.8. The molecule has 1 fully saturated rings. The molecule has 0 unspecified atom stereocenters. The monoisotopic (exact) mass is 502 g/mol. The average molecular weight is 503 g/mol. The van der Waals surface area contributed by atoms with Crippen molar-refractivity contribution in [1.82, 2.24) is 25.7 Å². The lowest BCUT2D eigenvalue weighted by molar-refractivity contribution is 0.116. The summed E-state index contributed by atoms with van der Waals surface area (Å²) in [5, 5.41) is 13.2. The molecule has 1 saturated heterocycles. The fourth-order valence-electron chi connectivity index (χ4n) is 4.35. The Labute approximate surface area is 207 Å². The molecule has 1 aromatic heterocycles. The molecule has 4 rings (SSSR count). The molecule has 0 spiro atoms. The maximum atomic E-state index is 15.0. The number of aromatic nitrogens is 2. The molecular formula is C25H29F3N6O2. The molecule has 2 aromatic carbocycles. The second-order valence-electron chi connectivity index (χ2n) is 8.93. The second kappa shape index (κ2) is 11.5. The van der Waals surface area contributed by atoms with E-state index < -0.39 is 18.1 Å². The third-order valence-corrected chi connectivity index (χ3v) is 5.91.